The first-order chi connectivity index (χ1) is 8.88. The van der Waals surface area contributed by atoms with Gasteiger partial charge in [-0.1, -0.05) is 30.3 Å². The van der Waals surface area contributed by atoms with Crippen LogP contribution in [0, 0.1) is 0 Å². The summed E-state index contributed by atoms with van der Waals surface area (Å²) in [5.41, 5.74) is 6.29. The molecule has 3 nitrogen and oxygen atoms in total. The first kappa shape index (κ1) is 13.9. The van der Waals surface area contributed by atoms with Gasteiger partial charge in [-0.25, -0.2) is 0 Å². The van der Waals surface area contributed by atoms with Crippen molar-refractivity contribution >= 4 is 5.91 Å². The topological polar surface area (TPSA) is 46.3 Å². The average Bonchev–Trinajstić information content (AvgIpc) is 3.18. The number of hydrogen-bond donors (Lipinski definition) is 1. The van der Waals surface area contributed by atoms with E-state index in [-0.39, 0.29) is 6.04 Å². The molecule has 1 aromatic rings. The molecule has 1 aliphatic carbocycles. The standard InChI is InChI=1S/C13H15F3N2O/c14-13(15,16)8-18(10-6-7-10)12(19)11(17)9-4-2-1-3-5-9/h1-5,10-11H,6-8,17H2/t11-/m0/s1. The maximum absolute atomic E-state index is 12.5. The minimum atomic E-state index is -4.39. The number of nitrogens with two attached hydrogens (primary N) is 1. The Balaban J connectivity index is 2.11. The van der Waals surface area contributed by atoms with Crippen LogP contribution in [0.5, 0.6) is 0 Å². The van der Waals surface area contributed by atoms with E-state index in [0.29, 0.717) is 18.4 Å². The van der Waals surface area contributed by atoms with Gasteiger partial charge in [0.15, 0.2) is 0 Å². The second kappa shape index (κ2) is 5.21. The van der Waals surface area contributed by atoms with Crippen LogP contribution in [0.1, 0.15) is 24.4 Å². The Morgan fingerprint density at radius 1 is 1.32 bits per heavy atom. The van der Waals surface area contributed by atoms with Crippen LogP contribution < -0.4 is 5.73 Å². The summed E-state index contributed by atoms with van der Waals surface area (Å²) in [6.07, 6.45) is -3.17. The monoisotopic (exact) mass is 272 g/mol. The van der Waals surface area contributed by atoms with E-state index in [9.17, 15) is 18.0 Å². The van der Waals surface area contributed by atoms with E-state index in [4.69, 9.17) is 5.73 Å². The van der Waals surface area contributed by atoms with Crippen molar-refractivity contribution < 1.29 is 18.0 Å². The summed E-state index contributed by atoms with van der Waals surface area (Å²) in [6.45, 7) is -1.23. The highest BCUT2D eigenvalue weighted by Gasteiger charge is 2.42. The van der Waals surface area contributed by atoms with Crippen LogP contribution in [-0.4, -0.2) is 29.6 Å². The summed E-state index contributed by atoms with van der Waals surface area (Å²) in [5, 5.41) is 0. The minimum absolute atomic E-state index is 0.316. The van der Waals surface area contributed by atoms with E-state index < -0.39 is 24.7 Å². The highest BCUT2D eigenvalue weighted by molar-refractivity contribution is 5.83. The molecule has 0 bridgehead atoms. The Morgan fingerprint density at radius 2 is 1.89 bits per heavy atom. The van der Waals surface area contributed by atoms with Gasteiger partial charge >= 0.3 is 6.18 Å². The number of hydrogen-bond acceptors (Lipinski definition) is 2. The molecule has 1 amide bonds. The van der Waals surface area contributed by atoms with Crippen molar-refractivity contribution in [2.75, 3.05) is 6.54 Å². The molecule has 0 saturated heterocycles. The molecule has 1 aliphatic rings. The van der Waals surface area contributed by atoms with E-state index in [1.807, 2.05) is 0 Å². The third-order valence-corrected chi connectivity index (χ3v) is 3.05. The van der Waals surface area contributed by atoms with Crippen LogP contribution in [0.2, 0.25) is 0 Å². The first-order valence-corrected chi connectivity index (χ1v) is 6.06. The van der Waals surface area contributed by atoms with Crippen molar-refractivity contribution in [1.82, 2.24) is 4.90 Å². The molecule has 1 saturated carbocycles. The number of nitrogens with zero attached hydrogens (tertiary/aromatic N) is 1. The van der Waals surface area contributed by atoms with Gasteiger partial charge in [0.05, 0.1) is 0 Å². The second-order valence-electron chi connectivity index (χ2n) is 4.70. The number of benzene rings is 1. The number of amides is 1. The van der Waals surface area contributed by atoms with Gasteiger partial charge in [0.25, 0.3) is 0 Å². The van der Waals surface area contributed by atoms with Gasteiger partial charge in [-0.05, 0) is 18.4 Å². The van der Waals surface area contributed by atoms with Crippen LogP contribution in [0.25, 0.3) is 0 Å². The third-order valence-electron chi connectivity index (χ3n) is 3.05. The van der Waals surface area contributed by atoms with Crippen molar-refractivity contribution in [3.8, 4) is 0 Å². The van der Waals surface area contributed by atoms with E-state index in [1.165, 1.54) is 0 Å². The molecular weight excluding hydrogens is 257 g/mol. The summed E-state index contributed by atoms with van der Waals surface area (Å²) < 4.78 is 37.5. The van der Waals surface area contributed by atoms with E-state index in [1.54, 1.807) is 30.3 Å². The lowest BCUT2D eigenvalue weighted by Crippen LogP contribution is -2.44. The van der Waals surface area contributed by atoms with Gasteiger partial charge in [0, 0.05) is 6.04 Å². The third kappa shape index (κ3) is 3.70. The molecule has 0 aliphatic heterocycles. The molecule has 1 aromatic carbocycles. The quantitative estimate of drug-likeness (QED) is 0.913. The lowest BCUT2D eigenvalue weighted by atomic mass is 10.1. The minimum Gasteiger partial charge on any atom is -0.329 e. The van der Waals surface area contributed by atoms with Crippen LogP contribution in [0.4, 0.5) is 13.2 Å². The van der Waals surface area contributed by atoms with E-state index in [0.717, 1.165) is 4.90 Å². The SMILES string of the molecule is N[C@H](C(=O)N(CC(F)(F)F)C1CC1)c1ccccc1. The summed E-state index contributed by atoms with van der Waals surface area (Å²) in [7, 11) is 0. The fourth-order valence-electron chi connectivity index (χ4n) is 1.95. The van der Waals surface area contributed by atoms with Crippen molar-refractivity contribution in [2.24, 2.45) is 5.73 Å². The first-order valence-electron chi connectivity index (χ1n) is 6.06. The maximum atomic E-state index is 12.5. The summed E-state index contributed by atoms with van der Waals surface area (Å²) in [6, 6.07) is 7.09. The van der Waals surface area contributed by atoms with Gasteiger partial charge in [0.2, 0.25) is 5.91 Å². The van der Waals surface area contributed by atoms with Gasteiger partial charge in [-0.15, -0.1) is 0 Å². The Kier molecular flexibility index (Phi) is 3.80. The Hall–Kier alpha value is -1.56. The van der Waals surface area contributed by atoms with Crippen molar-refractivity contribution in [2.45, 2.75) is 31.1 Å². The smallest absolute Gasteiger partial charge is 0.329 e. The molecule has 1 fully saturated rings. The lowest BCUT2D eigenvalue weighted by molar-refractivity contribution is -0.163. The molecule has 1 atom stereocenters. The van der Waals surface area contributed by atoms with Crippen LogP contribution in [0.15, 0.2) is 30.3 Å². The zero-order valence-electron chi connectivity index (χ0n) is 10.2. The van der Waals surface area contributed by atoms with E-state index >= 15 is 0 Å². The molecular formula is C13H15F3N2O. The van der Waals surface area contributed by atoms with Crippen molar-refractivity contribution in [3.63, 3.8) is 0 Å². The fraction of sp³-hybridized carbons (Fsp3) is 0.462. The predicted molar refractivity (Wildman–Crippen MR) is 64.2 cm³/mol. The van der Waals surface area contributed by atoms with Gasteiger partial charge in [-0.3, -0.25) is 4.79 Å². The molecule has 0 radical (unpaired) electrons. The molecule has 2 N–H and O–H groups in total. The summed E-state index contributed by atoms with van der Waals surface area (Å²) in [4.78, 5) is 13.0. The molecule has 0 heterocycles. The fourth-order valence-corrected chi connectivity index (χ4v) is 1.95. The highest BCUT2D eigenvalue weighted by Crippen LogP contribution is 2.32. The molecule has 19 heavy (non-hydrogen) atoms. The number of carbonyl (C=O) groups excluding carboxylic acids is 1. The van der Waals surface area contributed by atoms with Gasteiger partial charge < -0.3 is 10.6 Å². The number of carbonyl (C=O) groups is 1. The lowest BCUT2D eigenvalue weighted by Gasteiger charge is -2.26. The Bertz CT molecular complexity index is 443. The van der Waals surface area contributed by atoms with Crippen molar-refractivity contribution in [1.29, 1.82) is 0 Å². The average molecular weight is 272 g/mol. The van der Waals surface area contributed by atoms with Crippen LogP contribution >= 0.6 is 0 Å². The summed E-state index contributed by atoms with van der Waals surface area (Å²) >= 11 is 0. The predicted octanol–water partition coefficient (Wildman–Crippen LogP) is 2.24. The second-order valence-corrected chi connectivity index (χ2v) is 4.70. The molecule has 0 spiro atoms. The largest absolute Gasteiger partial charge is 0.406 e. The van der Waals surface area contributed by atoms with Crippen molar-refractivity contribution in [3.05, 3.63) is 35.9 Å². The summed E-state index contributed by atoms with van der Waals surface area (Å²) in [5.74, 6) is -0.661. The number of alkyl halides is 3. The molecule has 0 unspecified atom stereocenters. The Morgan fingerprint density at radius 3 is 2.37 bits per heavy atom. The highest BCUT2D eigenvalue weighted by atomic mass is 19.4. The van der Waals surface area contributed by atoms with E-state index in [2.05, 4.69) is 0 Å². The number of rotatable bonds is 4. The Labute approximate surface area is 109 Å². The zero-order chi connectivity index (χ0) is 14.0. The normalized spacial score (nSPS) is 17.1. The molecule has 0 aromatic heterocycles. The van der Waals surface area contributed by atoms with Crippen LogP contribution in [-0.2, 0) is 4.79 Å². The molecule has 2 rings (SSSR count). The molecule has 6 heteroatoms. The molecule has 104 valence electrons. The zero-order valence-corrected chi connectivity index (χ0v) is 10.2. The maximum Gasteiger partial charge on any atom is 0.406 e. The van der Waals surface area contributed by atoms with Gasteiger partial charge in [-0.2, -0.15) is 13.2 Å². The van der Waals surface area contributed by atoms with Gasteiger partial charge in [0.1, 0.15) is 12.6 Å². The number of halogens is 3. The van der Waals surface area contributed by atoms with Crippen LogP contribution in [0.3, 0.4) is 0 Å².